The van der Waals surface area contributed by atoms with Gasteiger partial charge in [-0.15, -0.1) is 11.3 Å². The van der Waals surface area contributed by atoms with E-state index >= 15 is 0 Å². The fraction of sp³-hybridized carbons (Fsp3) is 0.385. The summed E-state index contributed by atoms with van der Waals surface area (Å²) >= 11 is 1.68. The lowest BCUT2D eigenvalue weighted by Gasteiger charge is -2.46. The Morgan fingerprint density at radius 2 is 1.92 bits per heavy atom. The topological polar surface area (TPSA) is 144 Å². The van der Waals surface area contributed by atoms with Gasteiger partial charge < -0.3 is 5.32 Å². The third kappa shape index (κ3) is 4.71. The highest BCUT2D eigenvalue weighted by atomic mass is 32.1. The molecule has 12 heteroatoms. The van der Waals surface area contributed by atoms with Gasteiger partial charge in [0.15, 0.2) is 13.1 Å². The quantitative estimate of drug-likeness (QED) is 0.155. The maximum atomic E-state index is 13.0. The Morgan fingerprint density at radius 3 is 2.63 bits per heavy atom. The van der Waals surface area contributed by atoms with Gasteiger partial charge in [0.2, 0.25) is 0 Å². The van der Waals surface area contributed by atoms with Gasteiger partial charge in [0.25, 0.3) is 0 Å². The molecule has 11 nitrogen and oxygen atoms in total. The zero-order chi connectivity index (χ0) is 27.1. The Hall–Kier alpha value is -3.58. The lowest BCUT2D eigenvalue weighted by molar-refractivity contribution is -0.975. The number of carbonyl (C=O) groups is 3. The molecule has 3 atom stereocenters. The third-order valence-electron chi connectivity index (χ3n) is 7.95. The minimum absolute atomic E-state index is 0.173. The van der Waals surface area contributed by atoms with Crippen molar-refractivity contribution in [1.29, 1.82) is 0 Å². The number of thiazole rings is 1. The second-order valence-electron chi connectivity index (χ2n) is 10.7. The number of pyridine rings is 1. The highest BCUT2D eigenvalue weighted by molar-refractivity contribution is 7.16. The zero-order valence-corrected chi connectivity index (χ0v) is 22.5. The number of para-hydroxylation sites is 1. The molecule has 38 heavy (non-hydrogen) atoms. The van der Waals surface area contributed by atoms with Crippen molar-refractivity contribution in [2.75, 3.05) is 32.0 Å². The van der Waals surface area contributed by atoms with E-state index in [2.05, 4.69) is 31.5 Å². The number of fused-ring (bicyclic) bond motifs is 2. The van der Waals surface area contributed by atoms with Gasteiger partial charge in [-0.1, -0.05) is 12.1 Å². The van der Waals surface area contributed by atoms with Gasteiger partial charge in [0.05, 0.1) is 51.8 Å². The number of H-pyrrole nitrogens is 1. The number of nitrogens with one attached hydrogen (secondary N) is 2. The number of piperazine rings is 1. The molecule has 2 aliphatic rings. The summed E-state index contributed by atoms with van der Waals surface area (Å²) in [7, 11) is 1.91. The fourth-order valence-corrected chi connectivity index (χ4v) is 5.67. The molecule has 1 saturated carbocycles. The number of rotatable bonds is 2. The molecule has 198 valence electrons. The SMILES string of the molecule is CC1C[N+](N)(C(=O)C(=O)Nc2cncc3cn[nH]c23)CC[N+]1(C)C(=O)C1(C)CC1.c1ccc2scnc2c1. The zero-order valence-electron chi connectivity index (χ0n) is 21.7. The normalized spacial score (nSPS) is 25.8. The van der Waals surface area contributed by atoms with Crippen LogP contribution < -0.4 is 11.2 Å². The molecule has 0 radical (unpaired) electrons. The summed E-state index contributed by atoms with van der Waals surface area (Å²) in [5.41, 5.74) is 3.66. The number of anilines is 1. The van der Waals surface area contributed by atoms with Crippen LogP contribution in [0.3, 0.4) is 0 Å². The number of likely N-dealkylation sites (N-methyl/N-ethyl adjacent to an activating group) is 1. The molecule has 1 aliphatic heterocycles. The molecule has 3 aromatic heterocycles. The van der Waals surface area contributed by atoms with Gasteiger partial charge in [0.1, 0.15) is 12.6 Å². The first-order valence-electron chi connectivity index (χ1n) is 12.5. The van der Waals surface area contributed by atoms with Gasteiger partial charge >= 0.3 is 17.7 Å². The molecular weight excluding hydrogens is 504 g/mol. The van der Waals surface area contributed by atoms with E-state index in [1.54, 1.807) is 23.7 Å². The van der Waals surface area contributed by atoms with Crippen LogP contribution in [0.4, 0.5) is 5.69 Å². The number of hydrogen-bond acceptors (Lipinski definition) is 8. The van der Waals surface area contributed by atoms with Crippen molar-refractivity contribution in [3.8, 4) is 0 Å². The molecule has 1 aliphatic carbocycles. The fourth-order valence-electron chi connectivity index (χ4n) is 5.00. The Balaban J connectivity index is 0.000000273. The molecule has 4 N–H and O–H groups in total. The molecule has 1 saturated heterocycles. The molecule has 4 aromatic rings. The highest BCUT2D eigenvalue weighted by Crippen LogP contribution is 2.48. The first-order valence-corrected chi connectivity index (χ1v) is 13.4. The van der Waals surface area contributed by atoms with Crippen molar-refractivity contribution in [2.45, 2.75) is 32.7 Å². The predicted molar refractivity (Wildman–Crippen MR) is 144 cm³/mol. The van der Waals surface area contributed by atoms with Crippen molar-refractivity contribution in [3.05, 3.63) is 48.4 Å². The Morgan fingerprint density at radius 1 is 1.16 bits per heavy atom. The van der Waals surface area contributed by atoms with Gasteiger partial charge in [-0.05, 0) is 38.8 Å². The Bertz CT molecular complexity index is 1500. The van der Waals surface area contributed by atoms with Gasteiger partial charge in [-0.2, -0.15) is 15.5 Å². The monoisotopic (exact) mass is 536 g/mol. The highest BCUT2D eigenvalue weighted by Gasteiger charge is 2.60. The van der Waals surface area contributed by atoms with Crippen molar-refractivity contribution in [1.82, 2.24) is 20.2 Å². The smallest absolute Gasteiger partial charge is 0.311 e. The molecule has 3 amide bonds. The van der Waals surface area contributed by atoms with Crippen molar-refractivity contribution in [3.63, 3.8) is 0 Å². The summed E-state index contributed by atoms with van der Waals surface area (Å²) < 4.78 is 0.995. The van der Waals surface area contributed by atoms with Crippen LogP contribution in [0.2, 0.25) is 0 Å². The number of hydrogen-bond donors (Lipinski definition) is 3. The van der Waals surface area contributed by atoms with Crippen LogP contribution >= 0.6 is 11.3 Å². The number of aromatic nitrogens is 4. The minimum atomic E-state index is -0.805. The van der Waals surface area contributed by atoms with Gasteiger partial charge in [0, 0.05) is 11.6 Å². The number of amides is 3. The van der Waals surface area contributed by atoms with E-state index in [9.17, 15) is 14.4 Å². The lowest BCUT2D eigenvalue weighted by atomic mass is 10.0. The average molecular weight is 537 g/mol. The number of nitrogens with two attached hydrogens (primary N) is 1. The van der Waals surface area contributed by atoms with E-state index in [0.29, 0.717) is 17.7 Å². The molecule has 6 rings (SSSR count). The summed E-state index contributed by atoms with van der Waals surface area (Å²) in [5.74, 6) is 5.02. The van der Waals surface area contributed by atoms with Crippen molar-refractivity contribution in [2.24, 2.45) is 11.3 Å². The third-order valence-corrected chi connectivity index (χ3v) is 8.76. The molecule has 3 unspecified atom stereocenters. The predicted octanol–water partition coefficient (Wildman–Crippen LogP) is 2.59. The summed E-state index contributed by atoms with van der Waals surface area (Å²) in [6.07, 6.45) is 6.45. The second kappa shape index (κ2) is 9.62. The van der Waals surface area contributed by atoms with Gasteiger partial charge in [-0.25, -0.2) is 14.6 Å². The first kappa shape index (κ1) is 26.0. The summed E-state index contributed by atoms with van der Waals surface area (Å²) in [5, 5.41) is 10.0. The van der Waals surface area contributed by atoms with Crippen LogP contribution in [0.5, 0.6) is 0 Å². The molecule has 1 aromatic carbocycles. The van der Waals surface area contributed by atoms with E-state index in [4.69, 9.17) is 5.84 Å². The van der Waals surface area contributed by atoms with Crippen LogP contribution in [-0.4, -0.2) is 79.7 Å². The summed E-state index contributed by atoms with van der Waals surface area (Å²) in [4.78, 5) is 46.8. The largest absolute Gasteiger partial charge is 0.423 e. The van der Waals surface area contributed by atoms with Crippen LogP contribution in [0.1, 0.15) is 26.7 Å². The maximum Gasteiger partial charge on any atom is 0.423 e. The van der Waals surface area contributed by atoms with Crippen LogP contribution in [-0.2, 0) is 14.4 Å². The average Bonchev–Trinajstić information content (AvgIpc) is 3.29. The van der Waals surface area contributed by atoms with Crippen LogP contribution in [0, 0.1) is 5.41 Å². The lowest BCUT2D eigenvalue weighted by Crippen LogP contribution is -2.76. The number of quaternary nitrogens is 2. The van der Waals surface area contributed by atoms with E-state index in [0.717, 1.165) is 23.7 Å². The number of carbonyl (C=O) groups excluding carboxylic acids is 3. The van der Waals surface area contributed by atoms with Gasteiger partial charge in [-0.3, -0.25) is 19.4 Å². The van der Waals surface area contributed by atoms with Crippen LogP contribution in [0.15, 0.2) is 48.4 Å². The minimum Gasteiger partial charge on any atom is -0.311 e. The number of aromatic amines is 1. The first-order chi connectivity index (χ1) is 18.1. The van der Waals surface area contributed by atoms with E-state index < -0.39 is 16.4 Å². The molecule has 4 heterocycles. The summed E-state index contributed by atoms with van der Waals surface area (Å²) in [6.45, 7) is 4.78. The Labute approximate surface area is 223 Å². The molecule has 0 spiro atoms. The standard InChI is InChI=1S/C19H25N7O3.C7H5NS/c1-12-11-26(20,7-6-25(12,3)18(29)19(2)4-5-19)17(28)16(27)23-14-10-21-8-13-9-22-24-15(13)14;1-2-4-7-6(3-1)8-5-9-7/h8-10,12H,4-7,11,20H2,1-3H3;1-5H/p+2. The van der Waals surface area contributed by atoms with Crippen LogP contribution in [0.25, 0.3) is 21.1 Å². The maximum absolute atomic E-state index is 13.0. The van der Waals surface area contributed by atoms with Crippen molar-refractivity contribution >= 4 is 55.9 Å². The van der Waals surface area contributed by atoms with E-state index in [-0.39, 0.29) is 34.9 Å². The molecule has 0 bridgehead atoms. The second-order valence-corrected chi connectivity index (χ2v) is 11.6. The van der Waals surface area contributed by atoms with Crippen molar-refractivity contribution < 1.29 is 23.5 Å². The summed E-state index contributed by atoms with van der Waals surface area (Å²) in [6, 6.07) is 7.95. The number of nitrogens with zero attached hydrogens (tertiary/aromatic N) is 5. The van der Waals surface area contributed by atoms with E-state index in [1.165, 1.54) is 10.9 Å². The Kier molecular flexibility index (Phi) is 6.59. The number of benzene rings is 1. The molecule has 2 fully saturated rings. The van der Waals surface area contributed by atoms with E-state index in [1.807, 2.05) is 44.6 Å². The molecular formula is C26H32N8O3S+2.